The van der Waals surface area contributed by atoms with Crippen LogP contribution in [-0.2, 0) is 9.09 Å². The molecule has 1 saturated heterocycles. The van der Waals surface area contributed by atoms with Crippen LogP contribution in [0.25, 0.3) is 0 Å². The van der Waals surface area contributed by atoms with Gasteiger partial charge >= 0.3 is 0 Å². The molecule has 124 valence electrons. The van der Waals surface area contributed by atoms with Gasteiger partial charge in [0.15, 0.2) is 0 Å². The maximum atomic E-state index is 12.8. The largest absolute Gasteiger partial charge is 0.315 e. The van der Waals surface area contributed by atoms with E-state index in [0.29, 0.717) is 0 Å². The Labute approximate surface area is 146 Å². The van der Waals surface area contributed by atoms with Crippen LogP contribution in [-0.4, -0.2) is 23.3 Å². The molecule has 0 spiro atoms. The lowest BCUT2D eigenvalue weighted by atomic mass is 9.97. The van der Waals surface area contributed by atoms with E-state index in [2.05, 4.69) is 52.0 Å². The summed E-state index contributed by atoms with van der Waals surface area (Å²) < 4.78 is 18.9. The van der Waals surface area contributed by atoms with Crippen molar-refractivity contribution >= 4 is 39.5 Å². The fraction of sp³-hybridized carbons (Fsp3) is 0.625. The Morgan fingerprint density at radius 2 is 1.95 bits per heavy atom. The van der Waals surface area contributed by atoms with Gasteiger partial charge in [0.1, 0.15) is 0 Å². The van der Waals surface area contributed by atoms with Crippen molar-refractivity contribution in [1.29, 1.82) is 0 Å². The van der Waals surface area contributed by atoms with Gasteiger partial charge in [-0.2, -0.15) is 0 Å². The van der Waals surface area contributed by atoms with Crippen molar-refractivity contribution in [3.63, 3.8) is 0 Å². The molecule has 1 unspecified atom stereocenters. The standard InChI is InChI=1S/C16H25O2PS3/c1-6-11-20-19(5,17)18-15-14(21-22-16(15,3)4)13-9-7-12(2)8-10-13/h7-10,14-15H,6,11H2,1-5H3/t14-,15-,19?/m0/s1. The summed E-state index contributed by atoms with van der Waals surface area (Å²) in [6.07, 6.45) is 0.982. The maximum absolute atomic E-state index is 12.8. The molecule has 1 heterocycles. The zero-order chi connectivity index (χ0) is 16.4. The molecule has 0 radical (unpaired) electrons. The van der Waals surface area contributed by atoms with Crippen LogP contribution in [0.4, 0.5) is 0 Å². The maximum Gasteiger partial charge on any atom is 0.255 e. The summed E-state index contributed by atoms with van der Waals surface area (Å²) in [5.74, 6) is 0.885. The Balaban J connectivity index is 2.20. The summed E-state index contributed by atoms with van der Waals surface area (Å²) >= 11 is 1.48. The third-order valence-corrected chi connectivity index (χ3v) is 11.1. The van der Waals surface area contributed by atoms with Gasteiger partial charge in [-0.25, -0.2) is 0 Å². The van der Waals surface area contributed by atoms with Gasteiger partial charge in [0.05, 0.1) is 11.4 Å². The van der Waals surface area contributed by atoms with Crippen LogP contribution in [0.1, 0.15) is 43.6 Å². The average Bonchev–Trinajstić information content (AvgIpc) is 2.73. The van der Waals surface area contributed by atoms with Crippen molar-refractivity contribution in [2.75, 3.05) is 12.4 Å². The number of aryl methyl sites for hydroxylation is 1. The van der Waals surface area contributed by atoms with E-state index in [4.69, 9.17) is 4.52 Å². The summed E-state index contributed by atoms with van der Waals surface area (Å²) in [5, 5.41) is 0.233. The first-order chi connectivity index (χ1) is 10.2. The van der Waals surface area contributed by atoms with Gasteiger partial charge < -0.3 is 4.52 Å². The molecule has 3 atom stereocenters. The quantitative estimate of drug-likeness (QED) is 0.414. The monoisotopic (exact) mass is 376 g/mol. The fourth-order valence-electron chi connectivity index (χ4n) is 2.30. The third-order valence-electron chi connectivity index (χ3n) is 3.57. The van der Waals surface area contributed by atoms with Crippen LogP contribution >= 0.6 is 39.5 Å². The number of hydrogen-bond donors (Lipinski definition) is 0. The van der Waals surface area contributed by atoms with Gasteiger partial charge in [-0.05, 0) is 32.8 Å². The Hall–Kier alpha value is 0.460. The molecule has 1 aliphatic rings. The summed E-state index contributed by atoms with van der Waals surface area (Å²) in [4.78, 5) is 0. The minimum Gasteiger partial charge on any atom is -0.315 e. The molecule has 2 nitrogen and oxygen atoms in total. The van der Waals surface area contributed by atoms with Crippen LogP contribution in [0.3, 0.4) is 0 Å². The number of hydrogen-bond acceptors (Lipinski definition) is 5. The van der Waals surface area contributed by atoms with Gasteiger partial charge in [0.2, 0.25) is 0 Å². The predicted octanol–water partition coefficient (Wildman–Crippen LogP) is 6.56. The van der Waals surface area contributed by atoms with Crippen molar-refractivity contribution in [2.45, 2.75) is 50.2 Å². The molecule has 0 aliphatic carbocycles. The van der Waals surface area contributed by atoms with Crippen LogP contribution < -0.4 is 0 Å². The topological polar surface area (TPSA) is 26.3 Å². The van der Waals surface area contributed by atoms with Crippen molar-refractivity contribution in [2.24, 2.45) is 0 Å². The third kappa shape index (κ3) is 4.73. The molecular formula is C16H25O2PS3. The highest BCUT2D eigenvalue weighted by Crippen LogP contribution is 2.66. The first kappa shape index (κ1) is 18.8. The fourth-order valence-corrected chi connectivity index (χ4v) is 9.29. The smallest absolute Gasteiger partial charge is 0.255 e. The van der Waals surface area contributed by atoms with Crippen LogP contribution in [0.15, 0.2) is 24.3 Å². The summed E-state index contributed by atoms with van der Waals surface area (Å²) in [7, 11) is 3.68. The molecule has 6 heteroatoms. The van der Waals surface area contributed by atoms with E-state index >= 15 is 0 Å². The molecule has 22 heavy (non-hydrogen) atoms. The lowest BCUT2D eigenvalue weighted by molar-refractivity contribution is 0.180. The highest BCUT2D eigenvalue weighted by atomic mass is 33.1. The highest BCUT2D eigenvalue weighted by Gasteiger charge is 2.47. The SMILES string of the molecule is CCCSP(C)(=O)O[C@H]1[C@H](c2ccc(C)cc2)SSC1(C)C. The zero-order valence-electron chi connectivity index (χ0n) is 13.9. The van der Waals surface area contributed by atoms with E-state index in [-0.39, 0.29) is 16.1 Å². The molecular weight excluding hydrogens is 351 g/mol. The van der Waals surface area contributed by atoms with Crippen molar-refractivity contribution in [3.8, 4) is 0 Å². The lowest BCUT2D eigenvalue weighted by Crippen LogP contribution is -2.33. The lowest BCUT2D eigenvalue weighted by Gasteiger charge is -2.31. The minimum atomic E-state index is -2.62. The molecule has 0 N–H and O–H groups in total. The van der Waals surface area contributed by atoms with E-state index in [1.807, 2.05) is 21.6 Å². The van der Waals surface area contributed by atoms with E-state index in [9.17, 15) is 4.57 Å². The Morgan fingerprint density at radius 3 is 2.55 bits per heavy atom. The van der Waals surface area contributed by atoms with Gasteiger partial charge in [-0.3, -0.25) is 4.57 Å². The molecule has 0 amide bonds. The molecule has 0 bridgehead atoms. The highest BCUT2D eigenvalue weighted by molar-refractivity contribution is 8.77. The van der Waals surface area contributed by atoms with E-state index in [1.165, 1.54) is 22.5 Å². The molecule has 0 aromatic heterocycles. The van der Waals surface area contributed by atoms with Crippen molar-refractivity contribution in [3.05, 3.63) is 35.4 Å². The van der Waals surface area contributed by atoms with Crippen LogP contribution in [0, 0.1) is 6.92 Å². The van der Waals surface area contributed by atoms with Crippen LogP contribution in [0.5, 0.6) is 0 Å². The van der Waals surface area contributed by atoms with Gasteiger partial charge in [0.25, 0.3) is 6.57 Å². The minimum absolute atomic E-state index is 0.0367. The molecule has 2 rings (SSSR count). The molecule has 1 aromatic rings. The normalized spacial score (nSPS) is 26.8. The Kier molecular flexibility index (Phi) is 6.46. The second-order valence-corrected chi connectivity index (χ2v) is 14.4. The second-order valence-electron chi connectivity index (χ2n) is 6.24. The van der Waals surface area contributed by atoms with E-state index in [1.54, 1.807) is 6.66 Å². The zero-order valence-corrected chi connectivity index (χ0v) is 17.2. The van der Waals surface area contributed by atoms with E-state index < -0.39 is 6.57 Å². The van der Waals surface area contributed by atoms with Crippen molar-refractivity contribution in [1.82, 2.24) is 0 Å². The first-order valence-corrected chi connectivity index (χ1v) is 13.4. The summed E-state index contributed by atoms with van der Waals surface area (Å²) in [6, 6.07) is 8.62. The molecule has 1 aromatic carbocycles. The van der Waals surface area contributed by atoms with Crippen molar-refractivity contribution < 1.29 is 9.09 Å². The first-order valence-electron chi connectivity index (χ1n) is 7.56. The second kappa shape index (κ2) is 7.57. The van der Waals surface area contributed by atoms with Gasteiger partial charge in [-0.1, -0.05) is 69.7 Å². The molecule has 1 fully saturated rings. The predicted molar refractivity (Wildman–Crippen MR) is 104 cm³/mol. The van der Waals surface area contributed by atoms with Gasteiger partial charge in [-0.15, -0.1) is 0 Å². The summed E-state index contributed by atoms with van der Waals surface area (Å²) in [5.41, 5.74) is 2.52. The Morgan fingerprint density at radius 1 is 1.32 bits per heavy atom. The molecule has 1 aliphatic heterocycles. The van der Waals surface area contributed by atoms with Gasteiger partial charge in [0, 0.05) is 17.2 Å². The number of rotatable bonds is 6. The number of benzene rings is 1. The van der Waals surface area contributed by atoms with E-state index in [0.717, 1.165) is 12.2 Å². The summed E-state index contributed by atoms with van der Waals surface area (Å²) in [6.45, 7) is 7.73. The van der Waals surface area contributed by atoms with Crippen LogP contribution in [0.2, 0.25) is 0 Å². The molecule has 0 saturated carbocycles. The Bertz CT molecular complexity index is 545. The average molecular weight is 377 g/mol.